The lowest BCUT2D eigenvalue weighted by Crippen LogP contribution is -2.48. The number of aliphatic carboxylic acids is 1. The van der Waals surface area contributed by atoms with Gasteiger partial charge in [-0.15, -0.1) is 0 Å². The van der Waals surface area contributed by atoms with E-state index in [1.807, 2.05) is 0 Å². The molecule has 0 spiro atoms. The van der Waals surface area contributed by atoms with Gasteiger partial charge in [-0.1, -0.05) is 0 Å². The standard InChI is InChI=1S/C12H21NO5/c1-12(2,3)18-11(16)13(8-10(14)15)9-4-6-17-7-5-9/h9H,4-8H2,1-3H3,(H,14,15)/i1D. The average molecular weight is 260 g/mol. The van der Waals surface area contributed by atoms with Gasteiger partial charge in [0.15, 0.2) is 0 Å². The monoisotopic (exact) mass is 260 g/mol. The second-order valence-corrected chi connectivity index (χ2v) is 4.99. The summed E-state index contributed by atoms with van der Waals surface area (Å²) >= 11 is 0. The van der Waals surface area contributed by atoms with Crippen molar-refractivity contribution >= 4 is 12.1 Å². The van der Waals surface area contributed by atoms with Gasteiger partial charge in [0.1, 0.15) is 12.1 Å². The fraction of sp³-hybridized carbons (Fsp3) is 0.833. The molecule has 0 unspecified atom stereocenters. The number of nitrogens with zero attached hydrogens (tertiary/aromatic N) is 1. The molecule has 1 aliphatic heterocycles. The Balaban J connectivity index is 2.72. The van der Waals surface area contributed by atoms with Crippen molar-refractivity contribution in [2.24, 2.45) is 0 Å². The first-order chi connectivity index (χ1) is 8.85. The zero-order valence-electron chi connectivity index (χ0n) is 11.8. The molecule has 1 fully saturated rings. The van der Waals surface area contributed by atoms with Gasteiger partial charge < -0.3 is 14.6 Å². The van der Waals surface area contributed by atoms with Crippen molar-refractivity contribution in [1.82, 2.24) is 4.90 Å². The molecule has 0 aromatic carbocycles. The fourth-order valence-corrected chi connectivity index (χ4v) is 1.78. The fourth-order valence-electron chi connectivity index (χ4n) is 1.78. The first-order valence-electron chi connectivity index (χ1n) is 6.65. The highest BCUT2D eigenvalue weighted by Gasteiger charge is 2.31. The van der Waals surface area contributed by atoms with Gasteiger partial charge in [0.05, 0.1) is 0 Å². The molecule has 1 heterocycles. The molecule has 0 aromatic heterocycles. The molecule has 0 bridgehead atoms. The number of rotatable bonds is 3. The lowest BCUT2D eigenvalue weighted by molar-refractivity contribution is -0.139. The molecule has 0 aromatic rings. The largest absolute Gasteiger partial charge is 0.480 e. The first-order valence-corrected chi connectivity index (χ1v) is 5.94. The number of hydrogen-bond donors (Lipinski definition) is 1. The summed E-state index contributed by atoms with van der Waals surface area (Å²) in [6, 6.07) is -0.182. The summed E-state index contributed by atoms with van der Waals surface area (Å²) in [4.78, 5) is 24.2. The molecule has 0 atom stereocenters. The topological polar surface area (TPSA) is 76.1 Å². The maximum Gasteiger partial charge on any atom is 0.411 e. The molecule has 1 amide bonds. The molecular weight excluding hydrogens is 238 g/mol. The zero-order chi connectivity index (χ0) is 14.5. The van der Waals surface area contributed by atoms with Gasteiger partial charge in [-0.25, -0.2) is 4.79 Å². The third-order valence-corrected chi connectivity index (χ3v) is 2.54. The van der Waals surface area contributed by atoms with E-state index in [1.165, 1.54) is 4.90 Å². The van der Waals surface area contributed by atoms with Crippen LogP contribution in [0.25, 0.3) is 0 Å². The predicted octanol–water partition coefficient (Wildman–Crippen LogP) is 1.49. The van der Waals surface area contributed by atoms with Crippen molar-refractivity contribution in [1.29, 1.82) is 0 Å². The summed E-state index contributed by atoms with van der Waals surface area (Å²) < 4.78 is 17.7. The lowest BCUT2D eigenvalue weighted by atomic mass is 10.1. The van der Waals surface area contributed by atoms with Gasteiger partial charge in [0.25, 0.3) is 0 Å². The normalized spacial score (nSPS) is 18.0. The Labute approximate surface area is 108 Å². The highest BCUT2D eigenvalue weighted by molar-refractivity contribution is 5.77. The smallest absolute Gasteiger partial charge is 0.411 e. The van der Waals surface area contributed by atoms with Crippen molar-refractivity contribution in [2.75, 3.05) is 19.8 Å². The van der Waals surface area contributed by atoms with Crippen LogP contribution in [0, 0.1) is 0 Å². The van der Waals surface area contributed by atoms with E-state index >= 15 is 0 Å². The van der Waals surface area contributed by atoms with Gasteiger partial charge in [-0.05, 0) is 33.6 Å². The minimum atomic E-state index is -1.08. The first kappa shape index (κ1) is 13.1. The molecule has 0 saturated carbocycles. The summed E-state index contributed by atoms with van der Waals surface area (Å²) in [5.41, 5.74) is -0.918. The van der Waals surface area contributed by atoms with Gasteiger partial charge in [-0.3, -0.25) is 9.69 Å². The van der Waals surface area contributed by atoms with E-state index in [0.29, 0.717) is 26.1 Å². The zero-order valence-corrected chi connectivity index (χ0v) is 10.8. The number of carbonyl (C=O) groups excluding carboxylic acids is 1. The van der Waals surface area contributed by atoms with Crippen LogP contribution >= 0.6 is 0 Å². The quantitative estimate of drug-likeness (QED) is 0.832. The van der Waals surface area contributed by atoms with E-state index in [2.05, 4.69) is 0 Å². The van der Waals surface area contributed by atoms with E-state index < -0.39 is 24.2 Å². The van der Waals surface area contributed by atoms with Gasteiger partial charge in [0.2, 0.25) is 0 Å². The van der Waals surface area contributed by atoms with E-state index in [0.717, 1.165) is 0 Å². The van der Waals surface area contributed by atoms with Crippen LogP contribution in [-0.4, -0.2) is 53.5 Å². The van der Waals surface area contributed by atoms with Crippen molar-refractivity contribution < 1.29 is 25.5 Å². The molecule has 6 nitrogen and oxygen atoms in total. The lowest BCUT2D eigenvalue weighted by Gasteiger charge is -2.34. The maximum atomic E-state index is 12.1. The summed E-state index contributed by atoms with van der Waals surface area (Å²) in [5.74, 6) is -1.08. The van der Waals surface area contributed by atoms with E-state index in [-0.39, 0.29) is 12.9 Å². The molecule has 1 aliphatic rings. The van der Waals surface area contributed by atoms with Crippen LogP contribution in [0.4, 0.5) is 4.79 Å². The Kier molecular flexibility index (Phi) is 4.41. The van der Waals surface area contributed by atoms with Gasteiger partial charge in [-0.2, -0.15) is 0 Å². The Morgan fingerprint density at radius 3 is 2.61 bits per heavy atom. The van der Waals surface area contributed by atoms with Crippen LogP contribution in [0.2, 0.25) is 0 Å². The minimum absolute atomic E-state index is 0.0760. The minimum Gasteiger partial charge on any atom is -0.480 e. The number of carbonyl (C=O) groups is 2. The van der Waals surface area contributed by atoms with Crippen LogP contribution in [-0.2, 0) is 14.3 Å². The van der Waals surface area contributed by atoms with Gasteiger partial charge in [0, 0.05) is 20.6 Å². The number of carboxylic acid groups (broad SMARTS) is 1. The molecule has 1 rings (SSSR count). The third-order valence-electron chi connectivity index (χ3n) is 2.54. The molecule has 6 heteroatoms. The second kappa shape index (κ2) is 6.04. The van der Waals surface area contributed by atoms with Crippen LogP contribution in [0.1, 0.15) is 35.0 Å². The molecule has 1 N–H and O–H groups in total. The van der Waals surface area contributed by atoms with Crippen molar-refractivity contribution in [3.05, 3.63) is 0 Å². The van der Waals surface area contributed by atoms with Crippen LogP contribution in [0.15, 0.2) is 0 Å². The highest BCUT2D eigenvalue weighted by Crippen LogP contribution is 2.18. The Bertz CT molecular complexity index is 328. The summed E-state index contributed by atoms with van der Waals surface area (Å²) in [5, 5.41) is 8.90. The Hall–Kier alpha value is -1.30. The van der Waals surface area contributed by atoms with Crippen LogP contribution < -0.4 is 0 Å². The van der Waals surface area contributed by atoms with Crippen molar-refractivity contribution in [2.45, 2.75) is 45.2 Å². The number of carboxylic acids is 1. The SMILES string of the molecule is [2H]CC(C)(C)OC(=O)N(CC(=O)O)C1CCOCC1. The predicted molar refractivity (Wildman–Crippen MR) is 64.4 cm³/mol. The van der Waals surface area contributed by atoms with Crippen LogP contribution in [0.5, 0.6) is 0 Å². The van der Waals surface area contributed by atoms with E-state index in [9.17, 15) is 9.59 Å². The summed E-state index contributed by atoms with van der Waals surface area (Å²) in [7, 11) is 0. The molecule has 18 heavy (non-hydrogen) atoms. The van der Waals surface area contributed by atoms with E-state index in [1.54, 1.807) is 13.8 Å². The average Bonchev–Trinajstić information content (AvgIpc) is 2.36. The van der Waals surface area contributed by atoms with E-state index in [4.69, 9.17) is 16.0 Å². The second-order valence-electron chi connectivity index (χ2n) is 4.99. The molecule has 104 valence electrons. The number of amides is 1. The molecular formula is C12H21NO5. The van der Waals surface area contributed by atoms with Crippen molar-refractivity contribution in [3.63, 3.8) is 0 Å². The highest BCUT2D eigenvalue weighted by atomic mass is 16.6. The van der Waals surface area contributed by atoms with Crippen molar-refractivity contribution in [3.8, 4) is 0 Å². The molecule has 0 radical (unpaired) electrons. The third kappa shape index (κ3) is 4.91. The maximum absolute atomic E-state index is 12.1. The molecule has 1 saturated heterocycles. The molecule has 0 aliphatic carbocycles. The Morgan fingerprint density at radius 2 is 2.11 bits per heavy atom. The Morgan fingerprint density at radius 1 is 1.50 bits per heavy atom. The van der Waals surface area contributed by atoms with Crippen LogP contribution in [0.3, 0.4) is 0 Å². The number of hydrogen-bond acceptors (Lipinski definition) is 4. The summed E-state index contributed by atoms with van der Waals surface area (Å²) in [6.07, 6.45) is 0.527. The summed E-state index contributed by atoms with van der Waals surface area (Å²) in [6.45, 7) is 3.80. The van der Waals surface area contributed by atoms with Gasteiger partial charge >= 0.3 is 12.1 Å². The number of ether oxygens (including phenoxy) is 2.